The Balaban J connectivity index is 0. The number of rotatable bonds is 0. The quantitative estimate of drug-likeness (QED) is 0.489. The molecule has 0 radical (unpaired) electrons. The summed E-state index contributed by atoms with van der Waals surface area (Å²) in [7, 11) is 0. The lowest BCUT2D eigenvalue weighted by molar-refractivity contribution is 1.34. The summed E-state index contributed by atoms with van der Waals surface area (Å²) >= 11 is 0. The number of hydrogen-bond donors (Lipinski definition) is 2. The lowest BCUT2D eigenvalue weighted by atomic mass is 11.0. The molecular weight excluding hydrogens is 147 g/mol. The van der Waals surface area contributed by atoms with Crippen LogP contribution >= 0.6 is 24.8 Å². The zero-order chi connectivity index (χ0) is 4.24. The van der Waals surface area contributed by atoms with Crippen LogP contribution < -0.4 is 10.6 Å². The molecule has 2 aliphatic heterocycles. The first-order chi connectivity index (χ1) is 3.00. The van der Waals surface area contributed by atoms with Gasteiger partial charge in [-0.25, -0.2) is 0 Å². The summed E-state index contributed by atoms with van der Waals surface area (Å²) in [6.45, 7) is 5.00. The van der Waals surface area contributed by atoms with E-state index < -0.39 is 0 Å². The molecule has 2 fully saturated rings. The van der Waals surface area contributed by atoms with E-state index >= 15 is 0 Å². The van der Waals surface area contributed by atoms with Gasteiger partial charge in [0.05, 0.1) is 0 Å². The Labute approximate surface area is 62.2 Å². The minimum absolute atomic E-state index is 0. The van der Waals surface area contributed by atoms with Crippen molar-refractivity contribution in [2.24, 2.45) is 0 Å². The van der Waals surface area contributed by atoms with Crippen LogP contribution in [0.5, 0.6) is 0 Å². The second-order valence-corrected chi connectivity index (χ2v) is 1.50. The van der Waals surface area contributed by atoms with Gasteiger partial charge in [-0.3, -0.25) is 0 Å². The molecular formula is C4H12Cl2N2. The number of nitrogens with one attached hydrogen (secondary N) is 2. The van der Waals surface area contributed by atoms with Crippen LogP contribution in [0.1, 0.15) is 0 Å². The van der Waals surface area contributed by atoms with E-state index in [0.29, 0.717) is 0 Å². The average molecular weight is 159 g/mol. The maximum atomic E-state index is 3.00. The van der Waals surface area contributed by atoms with E-state index in [9.17, 15) is 0 Å². The Morgan fingerprint density at radius 2 is 0.750 bits per heavy atom. The molecule has 2 aliphatic rings. The van der Waals surface area contributed by atoms with Gasteiger partial charge in [0.2, 0.25) is 0 Å². The average Bonchev–Trinajstić information content (AvgIpc) is 2.31. The van der Waals surface area contributed by atoms with Gasteiger partial charge in [0.1, 0.15) is 0 Å². The summed E-state index contributed by atoms with van der Waals surface area (Å²) in [5.74, 6) is 0. The molecule has 2 heterocycles. The fourth-order valence-corrected chi connectivity index (χ4v) is 0. The maximum Gasteiger partial charge on any atom is 0.00772 e. The zero-order valence-electron chi connectivity index (χ0n) is 4.64. The van der Waals surface area contributed by atoms with E-state index in [-0.39, 0.29) is 24.8 Å². The van der Waals surface area contributed by atoms with Crippen LogP contribution in [0.3, 0.4) is 0 Å². The molecule has 8 heavy (non-hydrogen) atoms. The van der Waals surface area contributed by atoms with Crippen LogP contribution in [0.15, 0.2) is 0 Å². The van der Waals surface area contributed by atoms with Gasteiger partial charge in [-0.1, -0.05) is 0 Å². The molecule has 0 aromatic heterocycles. The molecule has 2 N–H and O–H groups in total. The summed E-state index contributed by atoms with van der Waals surface area (Å²) in [6.07, 6.45) is 0. The first kappa shape index (κ1) is 11.3. The topological polar surface area (TPSA) is 43.9 Å². The Morgan fingerprint density at radius 1 is 0.625 bits per heavy atom. The van der Waals surface area contributed by atoms with Crippen LogP contribution in [-0.4, -0.2) is 26.2 Å². The van der Waals surface area contributed by atoms with Crippen LogP contribution in [-0.2, 0) is 0 Å². The van der Waals surface area contributed by atoms with Crippen molar-refractivity contribution < 1.29 is 0 Å². The fourth-order valence-electron chi connectivity index (χ4n) is 0. The SMILES string of the molecule is C1CN1.C1CN1.Cl.Cl. The minimum atomic E-state index is 0. The van der Waals surface area contributed by atoms with Crippen LogP contribution in [0, 0.1) is 0 Å². The Bertz CT molecular complexity index is 27.5. The largest absolute Gasteiger partial charge is 0.314 e. The second kappa shape index (κ2) is 7.50. The highest BCUT2D eigenvalue weighted by atomic mass is 35.5. The molecule has 0 saturated carbocycles. The molecule has 2 saturated heterocycles. The molecule has 0 bridgehead atoms. The predicted molar refractivity (Wildman–Crippen MR) is 40.2 cm³/mol. The van der Waals surface area contributed by atoms with E-state index in [1.807, 2.05) is 0 Å². The highest BCUT2D eigenvalue weighted by Gasteiger charge is 1.91. The molecule has 0 spiro atoms. The van der Waals surface area contributed by atoms with E-state index in [1.165, 1.54) is 26.2 Å². The van der Waals surface area contributed by atoms with Gasteiger partial charge in [0.25, 0.3) is 0 Å². The molecule has 0 aliphatic carbocycles. The summed E-state index contributed by atoms with van der Waals surface area (Å²) in [5.41, 5.74) is 0. The summed E-state index contributed by atoms with van der Waals surface area (Å²) in [4.78, 5) is 0. The first-order valence-corrected chi connectivity index (χ1v) is 2.41. The molecule has 2 nitrogen and oxygen atoms in total. The molecule has 0 unspecified atom stereocenters. The molecule has 2 rings (SSSR count). The van der Waals surface area contributed by atoms with Crippen molar-refractivity contribution in [3.63, 3.8) is 0 Å². The normalized spacial score (nSPS) is 18.0. The Hall–Kier alpha value is 0.500. The van der Waals surface area contributed by atoms with Crippen molar-refractivity contribution in [3.05, 3.63) is 0 Å². The van der Waals surface area contributed by atoms with Crippen LogP contribution in [0.4, 0.5) is 0 Å². The second-order valence-electron chi connectivity index (χ2n) is 1.50. The van der Waals surface area contributed by atoms with Crippen molar-refractivity contribution in [1.82, 2.24) is 10.6 Å². The van der Waals surface area contributed by atoms with Gasteiger partial charge < -0.3 is 10.6 Å². The van der Waals surface area contributed by atoms with E-state index in [4.69, 9.17) is 0 Å². The van der Waals surface area contributed by atoms with Crippen molar-refractivity contribution >= 4 is 24.8 Å². The van der Waals surface area contributed by atoms with E-state index in [1.54, 1.807) is 0 Å². The molecule has 0 atom stereocenters. The maximum absolute atomic E-state index is 3.00. The molecule has 0 aromatic carbocycles. The fraction of sp³-hybridized carbons (Fsp3) is 1.00. The lowest BCUT2D eigenvalue weighted by Gasteiger charge is -1.21. The third-order valence-electron chi connectivity index (χ3n) is 0.500. The van der Waals surface area contributed by atoms with Crippen LogP contribution in [0.2, 0.25) is 0 Å². The zero-order valence-corrected chi connectivity index (χ0v) is 6.28. The van der Waals surface area contributed by atoms with E-state index in [0.717, 1.165) is 0 Å². The van der Waals surface area contributed by atoms with E-state index in [2.05, 4.69) is 10.6 Å². The van der Waals surface area contributed by atoms with Crippen molar-refractivity contribution in [2.45, 2.75) is 0 Å². The van der Waals surface area contributed by atoms with Gasteiger partial charge in [-0.2, -0.15) is 0 Å². The lowest BCUT2D eigenvalue weighted by Crippen LogP contribution is -1.56. The molecule has 0 amide bonds. The highest BCUT2D eigenvalue weighted by molar-refractivity contribution is 5.85. The third-order valence-corrected chi connectivity index (χ3v) is 0.500. The van der Waals surface area contributed by atoms with Gasteiger partial charge in [-0.15, -0.1) is 24.8 Å². The highest BCUT2D eigenvalue weighted by Crippen LogP contribution is 1.65. The van der Waals surface area contributed by atoms with Crippen molar-refractivity contribution in [3.8, 4) is 0 Å². The summed E-state index contributed by atoms with van der Waals surface area (Å²) in [5, 5.41) is 6.00. The van der Waals surface area contributed by atoms with Crippen LogP contribution in [0.25, 0.3) is 0 Å². The van der Waals surface area contributed by atoms with Gasteiger partial charge in [0, 0.05) is 26.2 Å². The standard InChI is InChI=1S/2C2H5N.2ClH/c2*1-2-3-1;;/h2*3H,1-2H2;2*1H. The third kappa shape index (κ3) is 31.5. The Morgan fingerprint density at radius 3 is 0.750 bits per heavy atom. The van der Waals surface area contributed by atoms with Crippen molar-refractivity contribution in [1.29, 1.82) is 0 Å². The summed E-state index contributed by atoms with van der Waals surface area (Å²) < 4.78 is 0. The first-order valence-electron chi connectivity index (χ1n) is 2.41. The molecule has 4 heteroatoms. The Kier molecular flexibility index (Phi) is 10.6. The van der Waals surface area contributed by atoms with Crippen molar-refractivity contribution in [2.75, 3.05) is 26.2 Å². The van der Waals surface area contributed by atoms with Gasteiger partial charge in [0.15, 0.2) is 0 Å². The number of halogens is 2. The monoisotopic (exact) mass is 158 g/mol. The number of hydrogen-bond acceptors (Lipinski definition) is 2. The summed E-state index contributed by atoms with van der Waals surface area (Å²) in [6, 6.07) is 0. The smallest absolute Gasteiger partial charge is 0.00772 e. The minimum Gasteiger partial charge on any atom is -0.314 e. The molecule has 0 aromatic rings. The molecule has 52 valence electrons. The van der Waals surface area contributed by atoms with Gasteiger partial charge in [-0.05, 0) is 0 Å². The predicted octanol–water partition coefficient (Wildman–Crippen LogP) is 0.0228. The van der Waals surface area contributed by atoms with Gasteiger partial charge >= 0.3 is 0 Å².